The summed E-state index contributed by atoms with van der Waals surface area (Å²) in [5.41, 5.74) is 3.26. The lowest BCUT2D eigenvalue weighted by Gasteiger charge is -2.39. The predicted molar refractivity (Wildman–Crippen MR) is 109 cm³/mol. The summed E-state index contributed by atoms with van der Waals surface area (Å²) in [6.45, 7) is 3.30. The lowest BCUT2D eigenvalue weighted by atomic mass is 9.87. The second-order valence-electron chi connectivity index (χ2n) is 6.79. The van der Waals surface area contributed by atoms with Crippen LogP contribution in [0.2, 0.25) is 0 Å². The van der Waals surface area contributed by atoms with Crippen LogP contribution in [0.15, 0.2) is 34.8 Å². The maximum Gasteiger partial charge on any atom is 0.317 e. The molecule has 4 rings (SSSR count). The zero-order chi connectivity index (χ0) is 19.7. The molecule has 0 bridgehead atoms. The van der Waals surface area contributed by atoms with Crippen molar-refractivity contribution in [2.45, 2.75) is 25.8 Å². The zero-order valence-corrected chi connectivity index (χ0v) is 17.5. The molecule has 2 aromatic rings. The molecule has 28 heavy (non-hydrogen) atoms. The molecular weight excluding hydrogens is 424 g/mol. The van der Waals surface area contributed by atoms with E-state index in [0.29, 0.717) is 43.2 Å². The van der Waals surface area contributed by atoms with Crippen molar-refractivity contribution in [2.24, 2.45) is 0 Å². The van der Waals surface area contributed by atoms with E-state index in [1.165, 1.54) is 0 Å². The van der Waals surface area contributed by atoms with E-state index in [-0.39, 0.29) is 18.9 Å². The van der Waals surface area contributed by atoms with Gasteiger partial charge in [-0.1, -0.05) is 30.3 Å². The van der Waals surface area contributed by atoms with Gasteiger partial charge in [-0.15, -0.1) is 0 Å². The Kier molecular flexibility index (Phi) is 5.35. The van der Waals surface area contributed by atoms with Gasteiger partial charge in [-0.05, 0) is 46.8 Å². The van der Waals surface area contributed by atoms with Crippen LogP contribution in [-0.2, 0) is 12.8 Å². The molecule has 1 unspecified atom stereocenters. The number of fused-ring (bicyclic) bond motifs is 2. The average molecular weight is 447 g/mol. The second-order valence-corrected chi connectivity index (χ2v) is 7.58. The molecule has 2 aliphatic rings. The maximum atomic E-state index is 12.8. The van der Waals surface area contributed by atoms with Gasteiger partial charge in [-0.2, -0.15) is 0 Å². The fraction of sp³-hybridized carbons (Fsp3) is 0.381. The fourth-order valence-electron chi connectivity index (χ4n) is 4.01. The van der Waals surface area contributed by atoms with Crippen molar-refractivity contribution >= 4 is 22.0 Å². The Bertz CT molecular complexity index is 888. The smallest absolute Gasteiger partial charge is 0.317 e. The highest BCUT2D eigenvalue weighted by Gasteiger charge is 2.39. The number of rotatable bonds is 4. The molecule has 148 valence electrons. The van der Waals surface area contributed by atoms with Gasteiger partial charge in [0, 0.05) is 18.7 Å². The summed E-state index contributed by atoms with van der Waals surface area (Å²) in [5, 5.41) is 2.94. The number of methoxy groups -OCH3 is 1. The van der Waals surface area contributed by atoms with Crippen LogP contribution in [0.4, 0.5) is 4.79 Å². The van der Waals surface area contributed by atoms with E-state index >= 15 is 0 Å². The van der Waals surface area contributed by atoms with Crippen molar-refractivity contribution in [1.82, 2.24) is 10.2 Å². The van der Waals surface area contributed by atoms with Crippen molar-refractivity contribution in [3.8, 4) is 17.2 Å². The number of urea groups is 1. The highest BCUT2D eigenvalue weighted by molar-refractivity contribution is 9.10. The van der Waals surface area contributed by atoms with Crippen LogP contribution in [0, 0.1) is 0 Å². The van der Waals surface area contributed by atoms with Crippen molar-refractivity contribution in [2.75, 3.05) is 27.0 Å². The molecule has 7 heteroatoms. The van der Waals surface area contributed by atoms with Crippen LogP contribution < -0.4 is 19.5 Å². The first-order valence-corrected chi connectivity index (χ1v) is 10.2. The number of nitrogens with zero attached hydrogens (tertiary/aromatic N) is 1. The molecule has 0 saturated heterocycles. The van der Waals surface area contributed by atoms with Gasteiger partial charge in [0.1, 0.15) is 0 Å². The topological polar surface area (TPSA) is 60.0 Å². The molecule has 0 aliphatic carbocycles. The van der Waals surface area contributed by atoms with Gasteiger partial charge < -0.3 is 24.4 Å². The normalized spacial score (nSPS) is 17.2. The Balaban J connectivity index is 1.86. The summed E-state index contributed by atoms with van der Waals surface area (Å²) < 4.78 is 18.1. The van der Waals surface area contributed by atoms with Crippen LogP contribution in [0.1, 0.15) is 29.7 Å². The monoisotopic (exact) mass is 446 g/mol. The number of carbonyl (C=O) groups is 1. The number of carbonyl (C=O) groups excluding carboxylic acids is 1. The third kappa shape index (κ3) is 3.17. The highest BCUT2D eigenvalue weighted by Crippen LogP contribution is 2.54. The van der Waals surface area contributed by atoms with Gasteiger partial charge in [0.15, 0.2) is 11.5 Å². The summed E-state index contributed by atoms with van der Waals surface area (Å²) in [7, 11) is 1.64. The minimum absolute atomic E-state index is 0.0649. The Morgan fingerprint density at radius 3 is 2.75 bits per heavy atom. The molecule has 0 saturated carbocycles. The summed E-state index contributed by atoms with van der Waals surface area (Å²) >= 11 is 3.70. The predicted octanol–water partition coefficient (Wildman–Crippen LogP) is 4.06. The second kappa shape index (κ2) is 7.91. The molecule has 0 spiro atoms. The van der Waals surface area contributed by atoms with E-state index in [4.69, 9.17) is 14.2 Å². The molecule has 0 aromatic heterocycles. The highest BCUT2D eigenvalue weighted by atomic mass is 79.9. The number of ether oxygens (including phenoxy) is 3. The molecule has 6 nitrogen and oxygen atoms in total. The third-order valence-corrected chi connectivity index (χ3v) is 6.07. The Labute approximate surface area is 172 Å². The van der Waals surface area contributed by atoms with E-state index in [9.17, 15) is 4.79 Å². The minimum atomic E-state index is -0.168. The van der Waals surface area contributed by atoms with Crippen molar-refractivity contribution < 1.29 is 19.0 Å². The third-order valence-electron chi connectivity index (χ3n) is 5.23. The molecule has 1 N–H and O–H groups in total. The first-order valence-electron chi connectivity index (χ1n) is 9.41. The van der Waals surface area contributed by atoms with Crippen molar-refractivity contribution in [3.63, 3.8) is 0 Å². The van der Waals surface area contributed by atoms with Gasteiger partial charge in [-0.25, -0.2) is 4.79 Å². The molecule has 0 fully saturated rings. The van der Waals surface area contributed by atoms with Crippen LogP contribution in [0.3, 0.4) is 0 Å². The number of amides is 2. The zero-order valence-electron chi connectivity index (χ0n) is 16.0. The standard InChI is InChI=1S/C21H23BrN2O4/c1-3-23-21(25)24-10-9-14-16(15(24)11-13-7-5-4-6-8-13)18(26-2)20-19(17(14)22)27-12-28-20/h4-8,15H,3,9-12H2,1-2H3,(H,23,25). The fourth-order valence-corrected chi connectivity index (χ4v) is 4.72. The quantitative estimate of drug-likeness (QED) is 0.768. The Morgan fingerprint density at radius 1 is 1.29 bits per heavy atom. The maximum absolute atomic E-state index is 12.8. The van der Waals surface area contributed by atoms with E-state index < -0.39 is 0 Å². The first-order chi connectivity index (χ1) is 13.7. The molecule has 1 atom stereocenters. The van der Waals surface area contributed by atoms with Gasteiger partial charge in [0.05, 0.1) is 17.6 Å². The SMILES string of the molecule is CCNC(=O)N1CCc2c(Br)c3c(c(OC)c2C1Cc1ccccc1)OCO3. The molecular formula is C21H23BrN2O4. The van der Waals surface area contributed by atoms with Gasteiger partial charge in [0.2, 0.25) is 12.5 Å². The molecule has 2 aromatic carbocycles. The number of halogens is 1. The number of hydrogen-bond donors (Lipinski definition) is 1. The van der Waals surface area contributed by atoms with Crippen LogP contribution in [0.5, 0.6) is 17.2 Å². The molecule has 2 heterocycles. The first kappa shape index (κ1) is 18.9. The average Bonchev–Trinajstić information content (AvgIpc) is 3.20. The van der Waals surface area contributed by atoms with E-state index in [2.05, 4.69) is 33.4 Å². The van der Waals surface area contributed by atoms with E-state index in [0.717, 1.165) is 21.2 Å². The lowest BCUT2D eigenvalue weighted by molar-refractivity contribution is 0.165. The van der Waals surface area contributed by atoms with Gasteiger partial charge in [-0.3, -0.25) is 0 Å². The Morgan fingerprint density at radius 2 is 2.04 bits per heavy atom. The molecule has 2 amide bonds. The summed E-state index contributed by atoms with van der Waals surface area (Å²) in [6, 6.07) is 9.96. The largest absolute Gasteiger partial charge is 0.492 e. The van der Waals surface area contributed by atoms with Crippen molar-refractivity contribution in [3.05, 3.63) is 51.5 Å². The van der Waals surface area contributed by atoms with Crippen LogP contribution >= 0.6 is 15.9 Å². The van der Waals surface area contributed by atoms with Crippen molar-refractivity contribution in [1.29, 1.82) is 0 Å². The van der Waals surface area contributed by atoms with Gasteiger partial charge >= 0.3 is 6.03 Å². The van der Waals surface area contributed by atoms with E-state index in [1.807, 2.05) is 30.0 Å². The Hall–Kier alpha value is -2.41. The molecule has 2 aliphatic heterocycles. The summed E-state index contributed by atoms with van der Waals surface area (Å²) in [6.07, 6.45) is 1.40. The number of hydrogen-bond acceptors (Lipinski definition) is 4. The van der Waals surface area contributed by atoms with Crippen LogP contribution in [0.25, 0.3) is 0 Å². The molecule has 0 radical (unpaired) electrons. The lowest BCUT2D eigenvalue weighted by Crippen LogP contribution is -2.46. The van der Waals surface area contributed by atoms with Crippen LogP contribution in [-0.4, -0.2) is 37.9 Å². The minimum Gasteiger partial charge on any atom is -0.492 e. The number of benzene rings is 2. The number of nitrogens with one attached hydrogen (secondary N) is 1. The summed E-state index contributed by atoms with van der Waals surface area (Å²) in [4.78, 5) is 14.7. The van der Waals surface area contributed by atoms with Gasteiger partial charge in [0.25, 0.3) is 0 Å². The summed E-state index contributed by atoms with van der Waals surface area (Å²) in [5.74, 6) is 1.94. The van der Waals surface area contributed by atoms with E-state index in [1.54, 1.807) is 7.11 Å².